The van der Waals surface area contributed by atoms with Crippen LogP contribution in [0.1, 0.15) is 18.4 Å². The zero-order chi connectivity index (χ0) is 17.6. The molecule has 0 spiro atoms. The number of anilines is 1. The van der Waals surface area contributed by atoms with Crippen molar-refractivity contribution in [3.05, 3.63) is 63.6 Å². The Morgan fingerprint density at radius 2 is 1.88 bits per heavy atom. The van der Waals surface area contributed by atoms with Crippen LogP contribution in [0.15, 0.2) is 53.0 Å². The van der Waals surface area contributed by atoms with E-state index in [2.05, 4.69) is 55.7 Å². The lowest BCUT2D eigenvalue weighted by Crippen LogP contribution is -2.45. The highest BCUT2D eigenvalue weighted by Gasteiger charge is 2.21. The van der Waals surface area contributed by atoms with Crippen LogP contribution in [0.4, 0.5) is 10.5 Å². The summed E-state index contributed by atoms with van der Waals surface area (Å²) in [6.45, 7) is 2.94. The van der Waals surface area contributed by atoms with E-state index in [1.807, 2.05) is 12.1 Å². The van der Waals surface area contributed by atoms with Crippen LogP contribution in [0, 0.1) is 0 Å². The maximum Gasteiger partial charge on any atom is 0.319 e. The van der Waals surface area contributed by atoms with Gasteiger partial charge in [-0.15, -0.1) is 0 Å². The number of nitrogens with one attached hydrogen (secondary N) is 2. The normalized spacial score (nSPS) is 15.8. The molecular formula is C19H21BrClN3O. The maximum atomic E-state index is 12.2. The van der Waals surface area contributed by atoms with Gasteiger partial charge in [0.15, 0.2) is 0 Å². The molecule has 0 aliphatic carbocycles. The predicted molar refractivity (Wildman–Crippen MR) is 106 cm³/mol. The Kier molecular flexibility index (Phi) is 6.34. The molecule has 132 valence electrons. The quantitative estimate of drug-likeness (QED) is 0.737. The number of amides is 2. The van der Waals surface area contributed by atoms with E-state index < -0.39 is 0 Å². The number of halogens is 2. The number of nitrogens with zero attached hydrogens (tertiary/aromatic N) is 1. The van der Waals surface area contributed by atoms with Gasteiger partial charge in [-0.2, -0.15) is 0 Å². The van der Waals surface area contributed by atoms with E-state index in [4.69, 9.17) is 11.6 Å². The molecule has 0 atom stereocenters. The Bertz CT molecular complexity index is 718. The molecule has 1 heterocycles. The van der Waals surface area contributed by atoms with Crippen LogP contribution in [0.3, 0.4) is 0 Å². The zero-order valence-electron chi connectivity index (χ0n) is 13.8. The van der Waals surface area contributed by atoms with Crippen LogP contribution in [0.2, 0.25) is 5.02 Å². The molecule has 25 heavy (non-hydrogen) atoms. The van der Waals surface area contributed by atoms with Crippen molar-refractivity contribution in [1.82, 2.24) is 10.2 Å². The average Bonchev–Trinajstić information content (AvgIpc) is 2.60. The van der Waals surface area contributed by atoms with E-state index in [1.54, 1.807) is 12.1 Å². The summed E-state index contributed by atoms with van der Waals surface area (Å²) in [6.07, 6.45) is 1.91. The number of hydrogen-bond acceptors (Lipinski definition) is 2. The molecule has 2 aromatic carbocycles. The van der Waals surface area contributed by atoms with Crippen molar-refractivity contribution in [3.63, 3.8) is 0 Å². The minimum Gasteiger partial charge on any atom is -0.335 e. The van der Waals surface area contributed by atoms with Crippen LogP contribution >= 0.6 is 27.5 Å². The molecule has 2 aromatic rings. The zero-order valence-corrected chi connectivity index (χ0v) is 16.2. The standard InChI is InChI=1S/C19H21BrClN3O/c20-15-6-7-18(17(21)12-15)23-19(25)22-16-8-10-24(11-9-16)13-14-4-2-1-3-5-14/h1-7,12,16H,8-11,13H2,(H2,22,23,25). The van der Waals surface area contributed by atoms with Crippen molar-refractivity contribution in [3.8, 4) is 0 Å². The van der Waals surface area contributed by atoms with Crippen LogP contribution in [0.5, 0.6) is 0 Å². The molecule has 1 aliphatic rings. The summed E-state index contributed by atoms with van der Waals surface area (Å²) < 4.78 is 0.884. The number of urea groups is 1. The summed E-state index contributed by atoms with van der Waals surface area (Å²) in [4.78, 5) is 14.6. The summed E-state index contributed by atoms with van der Waals surface area (Å²) in [7, 11) is 0. The molecule has 1 aliphatic heterocycles. The Labute approximate surface area is 161 Å². The van der Waals surface area contributed by atoms with Crippen molar-refractivity contribution in [2.24, 2.45) is 0 Å². The smallest absolute Gasteiger partial charge is 0.319 e. The monoisotopic (exact) mass is 421 g/mol. The second-order valence-electron chi connectivity index (χ2n) is 6.26. The molecule has 0 radical (unpaired) electrons. The summed E-state index contributed by atoms with van der Waals surface area (Å²) in [6, 6.07) is 15.9. The summed E-state index contributed by atoms with van der Waals surface area (Å²) >= 11 is 9.49. The second-order valence-corrected chi connectivity index (χ2v) is 7.58. The van der Waals surface area contributed by atoms with Gasteiger partial charge in [-0.1, -0.05) is 57.9 Å². The van der Waals surface area contributed by atoms with Gasteiger partial charge in [0.25, 0.3) is 0 Å². The minimum absolute atomic E-state index is 0.196. The number of piperidine rings is 1. The van der Waals surface area contributed by atoms with Gasteiger partial charge in [0, 0.05) is 30.1 Å². The largest absolute Gasteiger partial charge is 0.335 e. The van der Waals surface area contributed by atoms with Crippen LogP contribution < -0.4 is 10.6 Å². The van der Waals surface area contributed by atoms with Gasteiger partial charge >= 0.3 is 6.03 Å². The van der Waals surface area contributed by atoms with Crippen LogP contribution in [-0.4, -0.2) is 30.1 Å². The van der Waals surface area contributed by atoms with Crippen LogP contribution in [0.25, 0.3) is 0 Å². The van der Waals surface area contributed by atoms with Crippen molar-refractivity contribution in [2.45, 2.75) is 25.4 Å². The van der Waals surface area contributed by atoms with Gasteiger partial charge in [0.2, 0.25) is 0 Å². The summed E-state index contributed by atoms with van der Waals surface area (Å²) in [5.41, 5.74) is 1.94. The molecule has 2 amide bonds. The van der Waals surface area contributed by atoms with Crippen molar-refractivity contribution in [1.29, 1.82) is 0 Å². The first-order valence-corrected chi connectivity index (χ1v) is 9.56. The first-order valence-electron chi connectivity index (χ1n) is 8.39. The molecule has 0 aromatic heterocycles. The molecule has 1 fully saturated rings. The van der Waals surface area contributed by atoms with E-state index in [9.17, 15) is 4.79 Å². The predicted octanol–water partition coefficient (Wildman–Crippen LogP) is 4.89. The summed E-state index contributed by atoms with van der Waals surface area (Å²) in [5.74, 6) is 0. The number of benzene rings is 2. The van der Waals surface area contributed by atoms with Crippen molar-refractivity contribution < 1.29 is 4.79 Å². The number of rotatable bonds is 4. The molecule has 2 N–H and O–H groups in total. The molecule has 4 nitrogen and oxygen atoms in total. The maximum absolute atomic E-state index is 12.2. The number of carbonyl (C=O) groups is 1. The Morgan fingerprint density at radius 1 is 1.16 bits per heavy atom. The average molecular weight is 423 g/mol. The second kappa shape index (κ2) is 8.70. The Hall–Kier alpha value is -1.56. The van der Waals surface area contributed by atoms with E-state index in [-0.39, 0.29) is 12.1 Å². The van der Waals surface area contributed by atoms with E-state index in [0.717, 1.165) is 36.9 Å². The van der Waals surface area contributed by atoms with Crippen LogP contribution in [-0.2, 0) is 6.54 Å². The molecule has 0 bridgehead atoms. The fourth-order valence-corrected chi connectivity index (χ4v) is 3.73. The van der Waals surface area contributed by atoms with Crippen molar-refractivity contribution in [2.75, 3.05) is 18.4 Å². The van der Waals surface area contributed by atoms with Gasteiger partial charge in [-0.05, 0) is 36.6 Å². The number of likely N-dealkylation sites (tertiary alicyclic amines) is 1. The number of hydrogen-bond donors (Lipinski definition) is 2. The van der Waals surface area contributed by atoms with Crippen molar-refractivity contribution >= 4 is 39.2 Å². The fourth-order valence-electron chi connectivity index (χ4n) is 3.01. The third-order valence-electron chi connectivity index (χ3n) is 4.35. The molecule has 0 saturated carbocycles. The highest BCUT2D eigenvalue weighted by atomic mass is 79.9. The van der Waals surface area contributed by atoms with E-state index in [1.165, 1.54) is 5.56 Å². The highest BCUT2D eigenvalue weighted by molar-refractivity contribution is 9.10. The fraction of sp³-hybridized carbons (Fsp3) is 0.316. The Morgan fingerprint density at radius 3 is 2.56 bits per heavy atom. The lowest BCUT2D eigenvalue weighted by Gasteiger charge is -2.32. The highest BCUT2D eigenvalue weighted by Crippen LogP contribution is 2.25. The lowest BCUT2D eigenvalue weighted by molar-refractivity contribution is 0.190. The SMILES string of the molecule is O=C(Nc1ccc(Br)cc1Cl)NC1CCN(Cc2ccccc2)CC1. The number of carbonyl (C=O) groups excluding carboxylic acids is 1. The minimum atomic E-state index is -0.203. The molecule has 0 unspecified atom stereocenters. The Balaban J connectivity index is 1.44. The third-order valence-corrected chi connectivity index (χ3v) is 5.16. The van der Waals surface area contributed by atoms with Gasteiger partial charge < -0.3 is 10.6 Å². The van der Waals surface area contributed by atoms with Gasteiger partial charge in [-0.3, -0.25) is 4.90 Å². The van der Waals surface area contributed by atoms with Gasteiger partial charge in [0.05, 0.1) is 10.7 Å². The molecule has 3 rings (SSSR count). The van der Waals surface area contributed by atoms with E-state index in [0.29, 0.717) is 10.7 Å². The molecular weight excluding hydrogens is 402 g/mol. The topological polar surface area (TPSA) is 44.4 Å². The first-order chi connectivity index (χ1) is 12.1. The van der Waals surface area contributed by atoms with E-state index >= 15 is 0 Å². The first kappa shape index (κ1) is 18.2. The molecule has 6 heteroatoms. The third kappa shape index (κ3) is 5.46. The summed E-state index contributed by atoms with van der Waals surface area (Å²) in [5, 5.41) is 6.38. The van der Waals surface area contributed by atoms with Gasteiger partial charge in [-0.25, -0.2) is 4.79 Å². The lowest BCUT2D eigenvalue weighted by atomic mass is 10.0. The molecule has 1 saturated heterocycles. The van der Waals surface area contributed by atoms with Gasteiger partial charge in [0.1, 0.15) is 0 Å².